The molecule has 0 spiro atoms. The van der Waals surface area contributed by atoms with Crippen LogP contribution in [-0.2, 0) is 4.79 Å². The molecule has 1 aliphatic heterocycles. The fraction of sp³-hybridized carbons (Fsp3) is 0.194. The third kappa shape index (κ3) is 3.95. The number of benzene rings is 4. The van der Waals surface area contributed by atoms with Gasteiger partial charge in [-0.15, -0.1) is 0 Å². The van der Waals surface area contributed by atoms with E-state index in [2.05, 4.69) is 94.4 Å². The molecule has 2 aliphatic rings. The number of ketones is 1. The number of anilines is 3. The number of carbonyl (C=O) groups excluding carboxylic acids is 1. The number of nitrogens with one attached hydrogen (secondary N) is 2. The lowest BCUT2D eigenvalue weighted by molar-refractivity contribution is -0.116. The number of para-hydroxylation sites is 2. The van der Waals surface area contributed by atoms with Crippen molar-refractivity contribution in [3.63, 3.8) is 0 Å². The Morgan fingerprint density at radius 2 is 1.43 bits per heavy atom. The quantitative estimate of drug-likeness (QED) is 0.350. The fourth-order valence-electron chi connectivity index (χ4n) is 5.41. The molecule has 2 atom stereocenters. The van der Waals surface area contributed by atoms with Gasteiger partial charge >= 0.3 is 0 Å². The van der Waals surface area contributed by atoms with E-state index in [1.165, 1.54) is 16.3 Å². The van der Waals surface area contributed by atoms with Crippen LogP contribution < -0.4 is 15.5 Å². The maximum Gasteiger partial charge on any atom is 0.163 e. The largest absolute Gasteiger partial charge is 0.378 e. The molecule has 0 radical (unpaired) electrons. The van der Waals surface area contributed by atoms with Crippen LogP contribution in [0.1, 0.15) is 35.9 Å². The number of Topliss-reactive ketones (excluding diaryl/α,β-unsaturated/α-hetero) is 1. The smallest absolute Gasteiger partial charge is 0.163 e. The molecule has 0 amide bonds. The molecule has 1 aliphatic carbocycles. The maximum absolute atomic E-state index is 13.8. The first kappa shape index (κ1) is 21.5. The van der Waals surface area contributed by atoms with Crippen LogP contribution in [0.15, 0.2) is 102 Å². The second kappa shape index (κ2) is 8.62. The van der Waals surface area contributed by atoms with E-state index in [0.29, 0.717) is 6.42 Å². The molecule has 174 valence electrons. The van der Waals surface area contributed by atoms with Crippen LogP contribution in [0.3, 0.4) is 0 Å². The Hall–Kier alpha value is -4.05. The highest BCUT2D eigenvalue weighted by molar-refractivity contribution is 6.01. The van der Waals surface area contributed by atoms with Gasteiger partial charge < -0.3 is 15.5 Å². The van der Waals surface area contributed by atoms with Crippen LogP contribution >= 0.6 is 0 Å². The lowest BCUT2D eigenvalue weighted by Crippen LogP contribution is -2.26. The predicted octanol–water partition coefficient (Wildman–Crippen LogP) is 6.89. The van der Waals surface area contributed by atoms with Gasteiger partial charge in [0.05, 0.1) is 17.4 Å². The number of rotatable bonds is 3. The first-order valence-corrected chi connectivity index (χ1v) is 12.2. The van der Waals surface area contributed by atoms with E-state index < -0.39 is 0 Å². The maximum atomic E-state index is 13.8. The summed E-state index contributed by atoms with van der Waals surface area (Å²) in [6.07, 6.45) is 1.33. The lowest BCUT2D eigenvalue weighted by atomic mass is 9.78. The number of hydrogen-bond donors (Lipinski definition) is 2. The second-order valence-electron chi connectivity index (χ2n) is 9.76. The molecule has 0 bridgehead atoms. The van der Waals surface area contributed by atoms with E-state index in [0.717, 1.165) is 40.3 Å². The van der Waals surface area contributed by atoms with Gasteiger partial charge in [-0.2, -0.15) is 0 Å². The molecule has 6 rings (SSSR count). The summed E-state index contributed by atoms with van der Waals surface area (Å²) >= 11 is 0. The van der Waals surface area contributed by atoms with Crippen molar-refractivity contribution < 1.29 is 4.79 Å². The summed E-state index contributed by atoms with van der Waals surface area (Å²) in [5, 5.41) is 9.73. The highest BCUT2D eigenvalue weighted by atomic mass is 16.1. The summed E-state index contributed by atoms with van der Waals surface area (Å²) < 4.78 is 0. The van der Waals surface area contributed by atoms with Gasteiger partial charge in [0, 0.05) is 37.5 Å². The zero-order chi connectivity index (χ0) is 23.9. The van der Waals surface area contributed by atoms with Crippen LogP contribution in [0.4, 0.5) is 17.1 Å². The minimum atomic E-state index is -0.199. The van der Waals surface area contributed by atoms with Gasteiger partial charge in [0.15, 0.2) is 5.78 Å². The summed E-state index contributed by atoms with van der Waals surface area (Å²) in [5.74, 6) is 0.367. The van der Waals surface area contributed by atoms with Gasteiger partial charge in [-0.1, -0.05) is 60.7 Å². The zero-order valence-electron chi connectivity index (χ0n) is 20.1. The monoisotopic (exact) mass is 459 g/mol. The van der Waals surface area contributed by atoms with Crippen LogP contribution in [0, 0.1) is 0 Å². The second-order valence-corrected chi connectivity index (χ2v) is 9.76. The lowest BCUT2D eigenvalue weighted by Gasteiger charge is -2.30. The number of carbonyl (C=O) groups is 1. The summed E-state index contributed by atoms with van der Waals surface area (Å²) in [7, 11) is 4.09. The highest BCUT2D eigenvalue weighted by Crippen LogP contribution is 2.44. The first-order valence-electron chi connectivity index (χ1n) is 12.2. The van der Waals surface area contributed by atoms with Crippen LogP contribution in [0.5, 0.6) is 0 Å². The van der Waals surface area contributed by atoms with Crippen molar-refractivity contribution in [3.05, 3.63) is 113 Å². The molecule has 0 saturated heterocycles. The van der Waals surface area contributed by atoms with E-state index in [1.54, 1.807) is 0 Å². The van der Waals surface area contributed by atoms with Crippen molar-refractivity contribution in [1.29, 1.82) is 0 Å². The molecule has 4 nitrogen and oxygen atoms in total. The molecular weight excluding hydrogens is 430 g/mol. The van der Waals surface area contributed by atoms with Crippen LogP contribution in [0.25, 0.3) is 10.8 Å². The van der Waals surface area contributed by atoms with E-state index in [1.807, 2.05) is 26.2 Å². The van der Waals surface area contributed by atoms with Gasteiger partial charge in [-0.05, 0) is 64.6 Å². The minimum absolute atomic E-state index is 0.160. The molecule has 0 saturated carbocycles. The Bertz CT molecular complexity index is 1450. The van der Waals surface area contributed by atoms with Crippen molar-refractivity contribution in [2.45, 2.75) is 24.8 Å². The SMILES string of the molecule is CN(C)c1ccc(C2CC(=O)C3=C(C2)Nc2ccccc2NC3c2ccc3ccccc3c2)cc1. The number of allylic oxidation sites excluding steroid dienone is 1. The van der Waals surface area contributed by atoms with Gasteiger partial charge in [-0.25, -0.2) is 0 Å². The minimum Gasteiger partial charge on any atom is -0.378 e. The molecule has 0 aromatic heterocycles. The molecule has 4 aromatic rings. The molecule has 2 N–H and O–H groups in total. The summed E-state index contributed by atoms with van der Waals surface area (Å²) in [4.78, 5) is 15.9. The third-order valence-corrected chi connectivity index (χ3v) is 7.30. The number of hydrogen-bond acceptors (Lipinski definition) is 4. The zero-order valence-corrected chi connectivity index (χ0v) is 20.1. The summed E-state index contributed by atoms with van der Waals surface area (Å²) in [6.45, 7) is 0. The summed E-state index contributed by atoms with van der Waals surface area (Å²) in [5.41, 5.74) is 7.40. The van der Waals surface area contributed by atoms with Gasteiger partial charge in [0.1, 0.15) is 0 Å². The molecule has 35 heavy (non-hydrogen) atoms. The van der Waals surface area contributed by atoms with Crippen LogP contribution in [-0.4, -0.2) is 19.9 Å². The van der Waals surface area contributed by atoms with Gasteiger partial charge in [-0.3, -0.25) is 4.79 Å². The fourth-order valence-corrected chi connectivity index (χ4v) is 5.41. The third-order valence-electron chi connectivity index (χ3n) is 7.30. The molecule has 2 unspecified atom stereocenters. The Labute approximate surface area is 206 Å². The van der Waals surface area contributed by atoms with Gasteiger partial charge in [0.25, 0.3) is 0 Å². The molecule has 1 heterocycles. The molecule has 4 heteroatoms. The van der Waals surface area contributed by atoms with E-state index >= 15 is 0 Å². The number of fused-ring (bicyclic) bond motifs is 2. The van der Waals surface area contributed by atoms with Crippen LogP contribution in [0.2, 0.25) is 0 Å². The van der Waals surface area contributed by atoms with E-state index in [4.69, 9.17) is 0 Å². The standard InChI is InChI=1S/C31H29N3O/c1-34(2)25-15-13-21(14-16-25)24-18-28-30(29(35)19-24)31(33-27-10-6-5-9-26(27)32-28)23-12-11-20-7-3-4-8-22(20)17-23/h3-17,24,31-33H,18-19H2,1-2H3. The molecular formula is C31H29N3O. The Morgan fingerprint density at radius 1 is 0.743 bits per heavy atom. The average Bonchev–Trinajstić information content (AvgIpc) is 3.05. The van der Waals surface area contributed by atoms with Crippen molar-refractivity contribution in [2.75, 3.05) is 29.6 Å². The van der Waals surface area contributed by atoms with Gasteiger partial charge in [0.2, 0.25) is 0 Å². The molecule has 0 fully saturated rings. The average molecular weight is 460 g/mol. The Balaban J connectivity index is 1.43. The van der Waals surface area contributed by atoms with Crippen molar-refractivity contribution in [2.24, 2.45) is 0 Å². The predicted molar refractivity (Wildman–Crippen MR) is 145 cm³/mol. The molecule has 4 aromatic carbocycles. The van der Waals surface area contributed by atoms with Crippen molar-refractivity contribution in [3.8, 4) is 0 Å². The van der Waals surface area contributed by atoms with Crippen molar-refractivity contribution >= 4 is 33.6 Å². The van der Waals surface area contributed by atoms with E-state index in [-0.39, 0.29) is 17.7 Å². The van der Waals surface area contributed by atoms with Crippen molar-refractivity contribution in [1.82, 2.24) is 0 Å². The summed E-state index contributed by atoms with van der Waals surface area (Å²) in [6, 6.07) is 31.5. The highest BCUT2D eigenvalue weighted by Gasteiger charge is 2.36. The normalized spacial score (nSPS) is 19.3. The Morgan fingerprint density at radius 3 is 2.20 bits per heavy atom. The topological polar surface area (TPSA) is 44.4 Å². The van der Waals surface area contributed by atoms with E-state index in [9.17, 15) is 4.79 Å². The number of nitrogens with zero attached hydrogens (tertiary/aromatic N) is 1. The Kier molecular flexibility index (Phi) is 5.29. The first-order chi connectivity index (χ1) is 17.1.